The molecule has 1 rings (SSSR count). The summed E-state index contributed by atoms with van der Waals surface area (Å²) in [5, 5.41) is 10.6. The van der Waals surface area contributed by atoms with Crippen molar-refractivity contribution < 1.29 is 27.6 Å². The maximum Gasteiger partial charge on any atom is 0.573 e. The van der Waals surface area contributed by atoms with Crippen LogP contribution < -0.4 is 4.74 Å². The molecular weight excluding hydrogens is 325 g/mol. The molecule has 0 saturated carbocycles. The van der Waals surface area contributed by atoms with Gasteiger partial charge in [0.15, 0.2) is 11.4 Å². The highest BCUT2D eigenvalue weighted by Gasteiger charge is 2.33. The van der Waals surface area contributed by atoms with Gasteiger partial charge in [-0.3, -0.25) is 10.1 Å². The van der Waals surface area contributed by atoms with Crippen LogP contribution in [-0.4, -0.2) is 17.4 Å². The van der Waals surface area contributed by atoms with Crippen LogP contribution in [0.3, 0.4) is 0 Å². The Kier molecular flexibility index (Phi) is 4.04. The third kappa shape index (κ3) is 3.54. The minimum atomic E-state index is -4.99. The second-order valence-corrected chi connectivity index (χ2v) is 3.63. The average Bonchev–Trinajstić information content (AvgIpc) is 2.20. The summed E-state index contributed by atoms with van der Waals surface area (Å²) in [5.74, 6) is -0.806. The van der Waals surface area contributed by atoms with Crippen LogP contribution in [0.4, 0.5) is 24.5 Å². The molecule has 0 aliphatic rings. The molecule has 0 aliphatic carbocycles. The van der Waals surface area contributed by atoms with Crippen molar-refractivity contribution in [1.29, 1.82) is 0 Å². The van der Waals surface area contributed by atoms with Crippen molar-refractivity contribution in [2.75, 3.05) is 0 Å². The number of benzene rings is 1. The van der Waals surface area contributed by atoms with Crippen LogP contribution >= 0.6 is 15.9 Å². The molecule has 0 radical (unpaired) electrons. The first-order chi connectivity index (χ1) is 8.24. The Morgan fingerprint density at radius 2 is 2.06 bits per heavy atom. The lowest BCUT2D eigenvalue weighted by Crippen LogP contribution is -2.17. The number of rotatable bonds is 3. The van der Waals surface area contributed by atoms with E-state index >= 15 is 0 Å². The van der Waals surface area contributed by atoms with Gasteiger partial charge in [-0.1, -0.05) is 0 Å². The molecule has 0 N–H and O–H groups in total. The Labute approximate surface area is 105 Å². The minimum absolute atomic E-state index is 0.237. The van der Waals surface area contributed by atoms with E-state index in [1.165, 1.54) is 0 Å². The van der Waals surface area contributed by atoms with E-state index in [0.717, 1.165) is 12.1 Å². The van der Waals surface area contributed by atoms with E-state index in [2.05, 4.69) is 25.7 Å². The van der Waals surface area contributed by atoms with Gasteiger partial charge < -0.3 is 4.74 Å². The summed E-state index contributed by atoms with van der Waals surface area (Å²) in [5.41, 5.74) is -1.24. The van der Waals surface area contributed by atoms with Crippen LogP contribution in [0.5, 0.6) is 5.75 Å². The third-order valence-electron chi connectivity index (χ3n) is 1.62. The van der Waals surface area contributed by atoms with E-state index in [0.29, 0.717) is 6.07 Å². The number of nitro groups is 1. The summed E-state index contributed by atoms with van der Waals surface area (Å²) < 4.78 is 39.3. The quantitative estimate of drug-likeness (QED) is 0.369. The van der Waals surface area contributed by atoms with Gasteiger partial charge in [-0.25, -0.2) is 4.79 Å². The van der Waals surface area contributed by atoms with Gasteiger partial charge in [0, 0.05) is 0 Å². The van der Waals surface area contributed by atoms with Crippen LogP contribution in [0.25, 0.3) is 0 Å². The number of alkyl halides is 3. The van der Waals surface area contributed by atoms with Crippen molar-refractivity contribution in [3.05, 3.63) is 26.7 Å². The SMILES string of the molecule is O=C=Nc1cc(Br)c(OC(F)(F)F)cc1[N+](=O)[O-]. The average molecular weight is 327 g/mol. The first-order valence-corrected chi connectivity index (χ1v) is 4.85. The Morgan fingerprint density at radius 1 is 1.44 bits per heavy atom. The molecule has 0 aromatic heterocycles. The van der Waals surface area contributed by atoms with E-state index in [4.69, 9.17) is 0 Å². The molecule has 1 aromatic rings. The highest BCUT2D eigenvalue weighted by molar-refractivity contribution is 9.10. The second-order valence-electron chi connectivity index (χ2n) is 2.78. The fraction of sp³-hybridized carbons (Fsp3) is 0.125. The fourth-order valence-electron chi connectivity index (χ4n) is 1.02. The van der Waals surface area contributed by atoms with Crippen molar-refractivity contribution in [1.82, 2.24) is 0 Å². The molecule has 0 heterocycles. The van der Waals surface area contributed by atoms with Crippen LogP contribution in [0.15, 0.2) is 21.6 Å². The molecule has 1 aromatic carbocycles. The topological polar surface area (TPSA) is 81.8 Å². The summed E-state index contributed by atoms with van der Waals surface area (Å²) >= 11 is 2.72. The van der Waals surface area contributed by atoms with Gasteiger partial charge in [0.05, 0.1) is 15.5 Å². The predicted octanol–water partition coefficient (Wildman–Crippen LogP) is 3.22. The fourth-order valence-corrected chi connectivity index (χ4v) is 1.43. The highest BCUT2D eigenvalue weighted by atomic mass is 79.9. The van der Waals surface area contributed by atoms with Crippen LogP contribution in [0.2, 0.25) is 0 Å². The Bertz CT molecular complexity index is 540. The van der Waals surface area contributed by atoms with Crippen molar-refractivity contribution >= 4 is 33.4 Å². The first-order valence-electron chi connectivity index (χ1n) is 4.06. The van der Waals surface area contributed by atoms with Gasteiger partial charge in [-0.2, -0.15) is 4.99 Å². The maximum absolute atomic E-state index is 12.0. The monoisotopic (exact) mass is 326 g/mol. The molecule has 0 spiro atoms. The Morgan fingerprint density at radius 3 is 2.50 bits per heavy atom. The van der Waals surface area contributed by atoms with Crippen LogP contribution in [0.1, 0.15) is 0 Å². The highest BCUT2D eigenvalue weighted by Crippen LogP contribution is 2.39. The number of aliphatic imine (C=N–C) groups is 1. The lowest BCUT2D eigenvalue weighted by atomic mass is 10.2. The van der Waals surface area contributed by atoms with Gasteiger partial charge in [0.1, 0.15) is 0 Å². The Balaban J connectivity index is 3.36. The largest absolute Gasteiger partial charge is 0.573 e. The Hall–Kier alpha value is -1.93. The molecule has 0 amide bonds. The summed E-state index contributed by atoms with van der Waals surface area (Å²) in [7, 11) is 0. The van der Waals surface area contributed by atoms with Gasteiger partial charge in [-0.15, -0.1) is 13.2 Å². The molecule has 0 aliphatic heterocycles. The van der Waals surface area contributed by atoms with Gasteiger partial charge in [0.2, 0.25) is 6.08 Å². The smallest absolute Gasteiger partial charge is 0.404 e. The molecule has 0 bridgehead atoms. The molecule has 0 unspecified atom stereocenters. The molecule has 0 fully saturated rings. The molecule has 10 heteroatoms. The normalized spacial score (nSPS) is 10.7. The number of nitrogens with zero attached hydrogens (tertiary/aromatic N) is 2. The third-order valence-corrected chi connectivity index (χ3v) is 2.24. The standard InChI is InChI=1S/C8H2BrF3N2O4/c9-4-1-5(13-3-15)6(14(16)17)2-7(4)18-8(10,11)12/h1-2H. The van der Waals surface area contributed by atoms with Crippen molar-refractivity contribution in [3.8, 4) is 5.75 Å². The number of ether oxygens (including phenoxy) is 1. The first kappa shape index (κ1) is 14.1. The number of carbonyl (C=O) groups excluding carboxylic acids is 1. The van der Waals surface area contributed by atoms with E-state index in [1.807, 2.05) is 0 Å². The lowest BCUT2D eigenvalue weighted by molar-refractivity contribution is -0.384. The van der Waals surface area contributed by atoms with E-state index in [-0.39, 0.29) is 4.47 Å². The molecule has 0 atom stereocenters. The van der Waals surface area contributed by atoms with Gasteiger partial charge in [-0.05, 0) is 22.0 Å². The summed E-state index contributed by atoms with van der Waals surface area (Å²) in [6, 6.07) is 1.36. The number of nitro benzene ring substituents is 1. The van der Waals surface area contributed by atoms with E-state index in [1.54, 1.807) is 0 Å². The van der Waals surface area contributed by atoms with Gasteiger partial charge in [0.25, 0.3) is 5.69 Å². The van der Waals surface area contributed by atoms with E-state index < -0.39 is 28.4 Å². The molecule has 6 nitrogen and oxygen atoms in total. The second kappa shape index (κ2) is 5.15. The molecule has 18 heavy (non-hydrogen) atoms. The van der Waals surface area contributed by atoms with Crippen molar-refractivity contribution in [2.45, 2.75) is 6.36 Å². The summed E-state index contributed by atoms with van der Waals surface area (Å²) in [6.45, 7) is 0. The molecule has 96 valence electrons. The van der Waals surface area contributed by atoms with Gasteiger partial charge >= 0.3 is 6.36 Å². The predicted molar refractivity (Wildman–Crippen MR) is 55.3 cm³/mol. The lowest BCUT2D eigenvalue weighted by Gasteiger charge is -2.10. The molecule has 0 saturated heterocycles. The van der Waals surface area contributed by atoms with Crippen LogP contribution in [0, 0.1) is 10.1 Å². The number of hydrogen-bond acceptors (Lipinski definition) is 5. The molecular formula is C8H2BrF3N2O4. The summed E-state index contributed by atoms with van der Waals surface area (Å²) in [6.07, 6.45) is -3.93. The van der Waals surface area contributed by atoms with Crippen molar-refractivity contribution in [3.63, 3.8) is 0 Å². The number of isocyanates is 1. The zero-order valence-corrected chi connectivity index (χ0v) is 9.78. The number of hydrogen-bond donors (Lipinski definition) is 0. The van der Waals surface area contributed by atoms with E-state index in [9.17, 15) is 28.1 Å². The summed E-state index contributed by atoms with van der Waals surface area (Å²) in [4.78, 5) is 22.6. The number of halogens is 4. The zero-order chi connectivity index (χ0) is 13.9. The zero-order valence-electron chi connectivity index (χ0n) is 8.19. The van der Waals surface area contributed by atoms with Crippen molar-refractivity contribution in [2.24, 2.45) is 4.99 Å². The minimum Gasteiger partial charge on any atom is -0.404 e. The maximum atomic E-state index is 12.0. The van der Waals surface area contributed by atoms with Crippen LogP contribution in [-0.2, 0) is 4.79 Å².